The lowest BCUT2D eigenvalue weighted by Crippen LogP contribution is -2.18. The van der Waals surface area contributed by atoms with Crippen LogP contribution in [-0.2, 0) is 9.53 Å². The number of methoxy groups -OCH3 is 1. The van der Waals surface area contributed by atoms with Gasteiger partial charge in [0.05, 0.1) is 16.9 Å². The van der Waals surface area contributed by atoms with Crippen LogP contribution in [0.25, 0.3) is 0 Å². The van der Waals surface area contributed by atoms with Crippen LogP contribution < -0.4 is 10.6 Å². The highest BCUT2D eigenvalue weighted by atomic mass is 32.1. The van der Waals surface area contributed by atoms with Gasteiger partial charge in [0.15, 0.2) is 5.13 Å². The van der Waals surface area contributed by atoms with E-state index in [9.17, 15) is 9.59 Å². The summed E-state index contributed by atoms with van der Waals surface area (Å²) in [7, 11) is 1.75. The minimum atomic E-state index is -0.267. The molecule has 0 saturated carbocycles. The van der Waals surface area contributed by atoms with E-state index in [1.807, 2.05) is 19.9 Å². The third kappa shape index (κ3) is 9.49. The topological polar surface area (TPSA) is 80.3 Å². The van der Waals surface area contributed by atoms with Crippen LogP contribution in [0, 0.1) is 13.8 Å². The van der Waals surface area contributed by atoms with E-state index in [2.05, 4.69) is 15.6 Å². The minimum Gasteiger partial charge on any atom is -0.385 e. The Balaban J connectivity index is 1.67. The van der Waals surface area contributed by atoms with Gasteiger partial charge in [-0.25, -0.2) is 4.98 Å². The lowest BCUT2D eigenvalue weighted by molar-refractivity contribution is -0.116. The molecule has 0 atom stereocenters. The SMILES string of the molecule is COCCCCCCCCCCCC(=O)Nc1ccccc1C(=O)Nc1nc(C)c(C)s1. The number of hydrogen-bond donors (Lipinski definition) is 2. The summed E-state index contributed by atoms with van der Waals surface area (Å²) < 4.78 is 5.06. The third-order valence-electron chi connectivity index (χ3n) is 5.45. The predicted molar refractivity (Wildman–Crippen MR) is 133 cm³/mol. The number of nitrogens with zero attached hydrogens (tertiary/aromatic N) is 1. The first-order valence-corrected chi connectivity index (χ1v) is 12.5. The highest BCUT2D eigenvalue weighted by Gasteiger charge is 2.15. The first-order valence-electron chi connectivity index (χ1n) is 11.6. The summed E-state index contributed by atoms with van der Waals surface area (Å²) in [5.74, 6) is -0.318. The Morgan fingerprint density at radius 3 is 2.16 bits per heavy atom. The van der Waals surface area contributed by atoms with Crippen molar-refractivity contribution >= 4 is 34.0 Å². The molecule has 0 bridgehead atoms. The van der Waals surface area contributed by atoms with Gasteiger partial charge in [0.2, 0.25) is 5.91 Å². The second-order valence-corrected chi connectivity index (χ2v) is 9.34. The number of benzene rings is 1. The number of amides is 2. The Bertz CT molecular complexity index is 831. The van der Waals surface area contributed by atoms with Crippen LogP contribution in [0.3, 0.4) is 0 Å². The van der Waals surface area contributed by atoms with E-state index in [0.717, 1.165) is 42.9 Å². The molecule has 1 heterocycles. The fourth-order valence-corrected chi connectivity index (χ4v) is 4.27. The van der Waals surface area contributed by atoms with Gasteiger partial charge in [-0.05, 0) is 38.8 Å². The third-order valence-corrected chi connectivity index (χ3v) is 6.44. The molecule has 0 saturated heterocycles. The average Bonchev–Trinajstić information content (AvgIpc) is 3.09. The van der Waals surface area contributed by atoms with Crippen molar-refractivity contribution in [2.45, 2.75) is 78.1 Å². The molecule has 0 aliphatic carbocycles. The number of ether oxygens (including phenoxy) is 1. The monoisotopic (exact) mass is 459 g/mol. The van der Waals surface area contributed by atoms with Crippen molar-refractivity contribution in [2.24, 2.45) is 0 Å². The molecule has 32 heavy (non-hydrogen) atoms. The standard InChI is InChI=1S/C25H37N3O3S/c1-19-20(2)32-25(26-19)28-24(30)21-15-12-13-16-22(21)27-23(29)17-11-9-7-5-4-6-8-10-14-18-31-3/h12-13,15-16H,4-11,14,17-18H2,1-3H3,(H,27,29)(H,26,28,30). The van der Waals surface area contributed by atoms with Crippen LogP contribution in [0.5, 0.6) is 0 Å². The van der Waals surface area contributed by atoms with E-state index < -0.39 is 0 Å². The fourth-order valence-electron chi connectivity index (χ4n) is 3.46. The van der Waals surface area contributed by atoms with Gasteiger partial charge >= 0.3 is 0 Å². The van der Waals surface area contributed by atoms with Crippen LogP contribution in [0.15, 0.2) is 24.3 Å². The maximum atomic E-state index is 12.7. The van der Waals surface area contributed by atoms with Crippen molar-refractivity contribution in [3.63, 3.8) is 0 Å². The van der Waals surface area contributed by atoms with Crippen molar-refractivity contribution in [3.05, 3.63) is 40.4 Å². The molecule has 2 N–H and O–H groups in total. The lowest BCUT2D eigenvalue weighted by Gasteiger charge is -2.10. The number of carbonyl (C=O) groups is 2. The molecular weight excluding hydrogens is 422 g/mol. The largest absolute Gasteiger partial charge is 0.385 e. The summed E-state index contributed by atoms with van der Waals surface area (Å²) in [4.78, 5) is 30.5. The number of unbranched alkanes of at least 4 members (excludes halogenated alkanes) is 8. The van der Waals surface area contributed by atoms with Gasteiger partial charge in [0, 0.05) is 25.0 Å². The van der Waals surface area contributed by atoms with Crippen molar-refractivity contribution in [2.75, 3.05) is 24.4 Å². The summed E-state index contributed by atoms with van der Waals surface area (Å²) in [6, 6.07) is 7.09. The zero-order valence-electron chi connectivity index (χ0n) is 19.7. The van der Waals surface area contributed by atoms with Gasteiger partial charge in [0.1, 0.15) is 0 Å². The average molecular weight is 460 g/mol. The number of rotatable bonds is 15. The van der Waals surface area contributed by atoms with Crippen molar-refractivity contribution < 1.29 is 14.3 Å². The number of hydrogen-bond acceptors (Lipinski definition) is 5. The summed E-state index contributed by atoms with van der Waals surface area (Å²) in [5.41, 5.74) is 1.89. The summed E-state index contributed by atoms with van der Waals surface area (Å²) in [5, 5.41) is 6.31. The van der Waals surface area contributed by atoms with E-state index in [0.29, 0.717) is 22.8 Å². The van der Waals surface area contributed by atoms with Crippen LogP contribution >= 0.6 is 11.3 Å². The number of aromatic nitrogens is 1. The molecule has 0 aliphatic rings. The molecule has 176 valence electrons. The van der Waals surface area contributed by atoms with E-state index in [-0.39, 0.29) is 11.8 Å². The molecule has 1 aromatic heterocycles. The normalized spacial score (nSPS) is 10.8. The predicted octanol–water partition coefficient (Wildman–Crippen LogP) is 6.50. The van der Waals surface area contributed by atoms with Gasteiger partial charge in [0.25, 0.3) is 5.91 Å². The van der Waals surface area contributed by atoms with Crippen LogP contribution in [0.4, 0.5) is 10.8 Å². The van der Waals surface area contributed by atoms with Crippen LogP contribution in [-0.4, -0.2) is 30.5 Å². The molecule has 6 nitrogen and oxygen atoms in total. The molecule has 0 aliphatic heterocycles. The smallest absolute Gasteiger partial charge is 0.259 e. The summed E-state index contributed by atoms with van der Waals surface area (Å²) in [6.45, 7) is 4.75. The Kier molecular flexibility index (Phi) is 12.0. The number of thiazole rings is 1. The van der Waals surface area contributed by atoms with Crippen molar-refractivity contribution in [1.82, 2.24) is 4.98 Å². The fraction of sp³-hybridized carbons (Fsp3) is 0.560. The Labute approximate surface area is 196 Å². The zero-order chi connectivity index (χ0) is 23.2. The van der Waals surface area contributed by atoms with Gasteiger partial charge < -0.3 is 10.1 Å². The first-order chi connectivity index (χ1) is 15.5. The molecule has 2 aromatic rings. The van der Waals surface area contributed by atoms with Crippen LogP contribution in [0.2, 0.25) is 0 Å². The van der Waals surface area contributed by atoms with Gasteiger partial charge in [-0.15, -0.1) is 11.3 Å². The maximum Gasteiger partial charge on any atom is 0.259 e. The van der Waals surface area contributed by atoms with Crippen molar-refractivity contribution in [3.8, 4) is 0 Å². The number of aryl methyl sites for hydroxylation is 2. The second kappa shape index (κ2) is 14.7. The quantitative estimate of drug-likeness (QED) is 0.298. The Morgan fingerprint density at radius 2 is 1.53 bits per heavy atom. The molecule has 0 radical (unpaired) electrons. The number of carbonyl (C=O) groups excluding carboxylic acids is 2. The first kappa shape index (κ1) is 26.0. The molecule has 2 amide bonds. The molecule has 7 heteroatoms. The Hall–Kier alpha value is -2.25. The van der Waals surface area contributed by atoms with Gasteiger partial charge in [-0.1, -0.05) is 57.1 Å². The van der Waals surface area contributed by atoms with Crippen molar-refractivity contribution in [1.29, 1.82) is 0 Å². The minimum absolute atomic E-state index is 0.0515. The molecule has 1 aromatic carbocycles. The maximum absolute atomic E-state index is 12.7. The number of para-hydroxylation sites is 1. The van der Waals surface area contributed by atoms with E-state index in [4.69, 9.17) is 4.74 Å². The van der Waals surface area contributed by atoms with Gasteiger partial charge in [-0.3, -0.25) is 14.9 Å². The highest BCUT2D eigenvalue weighted by molar-refractivity contribution is 7.15. The molecule has 2 rings (SSSR count). The number of nitrogens with one attached hydrogen (secondary N) is 2. The van der Waals surface area contributed by atoms with E-state index >= 15 is 0 Å². The molecule has 0 unspecified atom stereocenters. The van der Waals surface area contributed by atoms with Crippen LogP contribution in [0.1, 0.15) is 85.1 Å². The molecule has 0 fully saturated rings. The number of anilines is 2. The van der Waals surface area contributed by atoms with Gasteiger partial charge in [-0.2, -0.15) is 0 Å². The zero-order valence-corrected chi connectivity index (χ0v) is 20.5. The van der Waals surface area contributed by atoms with E-state index in [1.54, 1.807) is 25.3 Å². The summed E-state index contributed by atoms with van der Waals surface area (Å²) >= 11 is 1.45. The Morgan fingerprint density at radius 1 is 0.906 bits per heavy atom. The molecule has 0 spiro atoms. The van der Waals surface area contributed by atoms with E-state index in [1.165, 1.54) is 43.4 Å². The lowest BCUT2D eigenvalue weighted by atomic mass is 10.1. The molecular formula is C25H37N3O3S. The summed E-state index contributed by atoms with van der Waals surface area (Å²) in [6.07, 6.45) is 11.0. The second-order valence-electron chi connectivity index (χ2n) is 8.13. The highest BCUT2D eigenvalue weighted by Crippen LogP contribution is 2.23.